The van der Waals surface area contributed by atoms with Gasteiger partial charge in [-0.2, -0.15) is 4.68 Å². The summed E-state index contributed by atoms with van der Waals surface area (Å²) < 4.78 is 6.27. The van der Waals surface area contributed by atoms with Gasteiger partial charge < -0.3 is 10.1 Å². The summed E-state index contributed by atoms with van der Waals surface area (Å²) in [6, 6.07) is 4.13. The highest BCUT2D eigenvalue weighted by Gasteiger charge is 2.24. The number of hydrogen-bond donors (Lipinski definition) is 1. The fraction of sp³-hybridized carbons (Fsp3) is 0.368. The Kier molecular flexibility index (Phi) is 5.07. The first-order chi connectivity index (χ1) is 13.5. The number of benzene rings is 1. The van der Waals surface area contributed by atoms with E-state index in [1.54, 1.807) is 25.1 Å². The Labute approximate surface area is 170 Å². The topological polar surface area (TPSA) is 86.1 Å². The summed E-state index contributed by atoms with van der Waals surface area (Å²) in [5, 5.41) is 12.0. The van der Waals surface area contributed by atoms with E-state index in [1.807, 2.05) is 0 Å². The first kappa shape index (κ1) is 18.9. The molecule has 146 valence electrons. The maximum atomic E-state index is 13.0. The van der Waals surface area contributed by atoms with E-state index in [0.717, 1.165) is 35.9 Å². The zero-order chi connectivity index (χ0) is 19.8. The molecule has 1 aliphatic carbocycles. The number of nitrogens with one attached hydrogen (secondary N) is 1. The fourth-order valence-electron chi connectivity index (χ4n) is 3.44. The van der Waals surface area contributed by atoms with Crippen LogP contribution in [0.25, 0.3) is 10.2 Å². The van der Waals surface area contributed by atoms with Crippen molar-refractivity contribution in [1.82, 2.24) is 15.0 Å². The van der Waals surface area contributed by atoms with Crippen molar-refractivity contribution in [3.8, 4) is 5.75 Å². The third kappa shape index (κ3) is 3.27. The number of fused-ring (bicyclic) bond motifs is 3. The molecular formula is C19H19ClN4O3S. The van der Waals surface area contributed by atoms with Crippen molar-refractivity contribution >= 4 is 44.7 Å². The first-order valence-electron chi connectivity index (χ1n) is 9.03. The molecular weight excluding hydrogens is 400 g/mol. The highest BCUT2D eigenvalue weighted by atomic mass is 35.5. The van der Waals surface area contributed by atoms with Gasteiger partial charge in [0.25, 0.3) is 5.56 Å². The van der Waals surface area contributed by atoms with Crippen molar-refractivity contribution in [3.05, 3.63) is 44.0 Å². The number of methoxy groups -OCH3 is 1. The fourth-order valence-corrected chi connectivity index (χ4v) is 4.90. The summed E-state index contributed by atoms with van der Waals surface area (Å²) in [5.74, 6) is 0.142. The van der Waals surface area contributed by atoms with Crippen LogP contribution in [-0.4, -0.2) is 28.0 Å². The summed E-state index contributed by atoms with van der Waals surface area (Å²) in [5.41, 5.74) is 1.33. The van der Waals surface area contributed by atoms with Gasteiger partial charge in [0.2, 0.25) is 5.91 Å². The molecule has 1 aromatic carbocycles. The lowest BCUT2D eigenvalue weighted by molar-refractivity contribution is -0.119. The van der Waals surface area contributed by atoms with Crippen LogP contribution in [0.1, 0.15) is 36.2 Å². The normalized spacial score (nSPS) is 14.5. The summed E-state index contributed by atoms with van der Waals surface area (Å²) in [6.07, 6.45) is 4.05. The number of nitrogens with zero attached hydrogens (tertiary/aromatic N) is 3. The van der Waals surface area contributed by atoms with E-state index in [9.17, 15) is 9.59 Å². The Hall–Kier alpha value is -2.45. The summed E-state index contributed by atoms with van der Waals surface area (Å²) in [4.78, 5) is 27.6. The third-order valence-corrected chi connectivity index (χ3v) is 6.44. The van der Waals surface area contributed by atoms with Crippen LogP contribution in [0, 0.1) is 0 Å². The van der Waals surface area contributed by atoms with E-state index in [4.69, 9.17) is 16.3 Å². The molecule has 9 heteroatoms. The monoisotopic (exact) mass is 418 g/mol. The molecule has 0 saturated heterocycles. The maximum absolute atomic E-state index is 13.0. The van der Waals surface area contributed by atoms with Crippen molar-refractivity contribution < 1.29 is 9.53 Å². The number of anilines is 1. The quantitative estimate of drug-likeness (QED) is 0.699. The van der Waals surface area contributed by atoms with Crippen LogP contribution in [0.4, 0.5) is 5.69 Å². The molecule has 1 aliphatic rings. The van der Waals surface area contributed by atoms with Crippen molar-refractivity contribution in [1.29, 1.82) is 0 Å². The predicted molar refractivity (Wildman–Crippen MR) is 110 cm³/mol. The van der Waals surface area contributed by atoms with Gasteiger partial charge >= 0.3 is 0 Å². The summed E-state index contributed by atoms with van der Waals surface area (Å²) in [6.45, 7) is 1.63. The predicted octanol–water partition coefficient (Wildman–Crippen LogP) is 3.59. The van der Waals surface area contributed by atoms with E-state index in [2.05, 4.69) is 15.6 Å². The number of rotatable bonds is 4. The van der Waals surface area contributed by atoms with Crippen molar-refractivity contribution in [2.45, 2.75) is 38.6 Å². The highest BCUT2D eigenvalue weighted by Crippen LogP contribution is 2.33. The van der Waals surface area contributed by atoms with Crippen molar-refractivity contribution in [2.24, 2.45) is 0 Å². The number of carbonyl (C=O) groups is 1. The van der Waals surface area contributed by atoms with E-state index < -0.39 is 6.04 Å². The highest BCUT2D eigenvalue weighted by molar-refractivity contribution is 7.18. The number of ether oxygens (including phenoxy) is 1. The van der Waals surface area contributed by atoms with Gasteiger partial charge in [0, 0.05) is 10.6 Å². The minimum absolute atomic E-state index is 0.264. The third-order valence-electron chi connectivity index (χ3n) is 4.97. The zero-order valence-electron chi connectivity index (χ0n) is 15.5. The average molecular weight is 419 g/mol. The minimum atomic E-state index is -0.815. The molecule has 0 radical (unpaired) electrons. The van der Waals surface area contributed by atoms with E-state index in [0.29, 0.717) is 26.7 Å². The molecule has 28 heavy (non-hydrogen) atoms. The lowest BCUT2D eigenvalue weighted by atomic mass is 9.97. The van der Waals surface area contributed by atoms with Crippen LogP contribution in [0.2, 0.25) is 5.02 Å². The SMILES string of the molecule is COc1ccc(NC(=O)C(C)n2nnc3sc4c(c3c2=O)CCCC4)cc1Cl. The second-order valence-corrected chi connectivity index (χ2v) is 8.24. The molecule has 3 aromatic rings. The number of amides is 1. The molecule has 1 amide bonds. The average Bonchev–Trinajstić information content (AvgIpc) is 3.07. The van der Waals surface area contributed by atoms with E-state index >= 15 is 0 Å². The standard InChI is InChI=1S/C19H19ClN4O3S/c1-10(17(25)21-11-7-8-14(27-2)13(20)9-11)24-19(26)16-12-5-3-4-6-15(12)28-18(16)22-23-24/h7-10H,3-6H2,1-2H3,(H,21,25). The molecule has 0 fully saturated rings. The number of hydrogen-bond acceptors (Lipinski definition) is 6. The molecule has 0 spiro atoms. The Bertz CT molecular complexity index is 1120. The van der Waals surface area contributed by atoms with Crippen LogP contribution < -0.4 is 15.6 Å². The smallest absolute Gasteiger partial charge is 0.279 e. The molecule has 0 bridgehead atoms. The van der Waals surface area contributed by atoms with Gasteiger partial charge in [-0.3, -0.25) is 9.59 Å². The Morgan fingerprint density at radius 2 is 2.14 bits per heavy atom. The lowest BCUT2D eigenvalue weighted by Gasteiger charge is -2.14. The van der Waals surface area contributed by atoms with E-state index in [1.165, 1.54) is 23.3 Å². The molecule has 1 N–H and O–H groups in total. The molecule has 2 aromatic heterocycles. The van der Waals surface area contributed by atoms with Crippen LogP contribution in [0.3, 0.4) is 0 Å². The molecule has 0 aliphatic heterocycles. The van der Waals surface area contributed by atoms with Gasteiger partial charge in [-0.25, -0.2) is 0 Å². The second kappa shape index (κ2) is 7.52. The summed E-state index contributed by atoms with van der Waals surface area (Å²) in [7, 11) is 1.52. The van der Waals surface area contributed by atoms with Crippen molar-refractivity contribution in [3.63, 3.8) is 0 Å². The molecule has 0 saturated carbocycles. The minimum Gasteiger partial charge on any atom is -0.495 e. The van der Waals surface area contributed by atoms with Crippen molar-refractivity contribution in [2.75, 3.05) is 12.4 Å². The lowest BCUT2D eigenvalue weighted by Crippen LogP contribution is -2.34. The van der Waals surface area contributed by atoms with Gasteiger partial charge in [-0.05, 0) is 56.4 Å². The maximum Gasteiger partial charge on any atom is 0.279 e. The van der Waals surface area contributed by atoms with Crippen LogP contribution >= 0.6 is 22.9 Å². The second-order valence-electron chi connectivity index (χ2n) is 6.74. The van der Waals surface area contributed by atoms with E-state index in [-0.39, 0.29) is 11.5 Å². The van der Waals surface area contributed by atoms with Gasteiger partial charge in [-0.1, -0.05) is 16.8 Å². The molecule has 1 unspecified atom stereocenters. The molecule has 4 rings (SSSR count). The zero-order valence-corrected chi connectivity index (χ0v) is 17.1. The van der Waals surface area contributed by atoms with Crippen LogP contribution in [0.5, 0.6) is 5.75 Å². The van der Waals surface area contributed by atoms with Gasteiger partial charge in [0.15, 0.2) is 4.83 Å². The molecule has 7 nitrogen and oxygen atoms in total. The summed E-state index contributed by atoms with van der Waals surface area (Å²) >= 11 is 7.64. The number of aromatic nitrogens is 3. The Morgan fingerprint density at radius 1 is 1.36 bits per heavy atom. The number of halogens is 1. The first-order valence-corrected chi connectivity index (χ1v) is 10.2. The Balaban J connectivity index is 1.64. The van der Waals surface area contributed by atoms with Gasteiger partial charge in [0.05, 0.1) is 17.5 Å². The number of carbonyl (C=O) groups excluding carboxylic acids is 1. The molecule has 2 heterocycles. The number of thiophene rings is 1. The number of aryl methyl sites for hydroxylation is 2. The Morgan fingerprint density at radius 3 is 2.89 bits per heavy atom. The van der Waals surface area contributed by atoms with Crippen LogP contribution in [0.15, 0.2) is 23.0 Å². The largest absolute Gasteiger partial charge is 0.495 e. The van der Waals surface area contributed by atoms with Gasteiger partial charge in [0.1, 0.15) is 11.8 Å². The van der Waals surface area contributed by atoms with Crippen LogP contribution in [-0.2, 0) is 17.6 Å². The van der Waals surface area contributed by atoms with Gasteiger partial charge in [-0.15, -0.1) is 16.4 Å². The molecule has 1 atom stereocenters.